The lowest BCUT2D eigenvalue weighted by molar-refractivity contribution is -0.138. The molecule has 0 bridgehead atoms. The second-order valence-electron chi connectivity index (χ2n) is 4.50. The van der Waals surface area contributed by atoms with Crippen LogP contribution < -0.4 is 5.32 Å². The summed E-state index contributed by atoms with van der Waals surface area (Å²) in [6.07, 6.45) is -4.51. The zero-order chi connectivity index (χ0) is 16.0. The van der Waals surface area contributed by atoms with Crippen molar-refractivity contribution in [2.75, 3.05) is 25.5 Å². The van der Waals surface area contributed by atoms with Gasteiger partial charge in [0.25, 0.3) is 0 Å². The molecule has 0 aromatic heterocycles. The molecule has 0 fully saturated rings. The highest BCUT2D eigenvalue weighted by atomic mass is 35.5. The number of aliphatic carboxylic acids is 1. The molecule has 0 spiro atoms. The molecule has 0 saturated carbocycles. The number of carbonyl (C=O) groups is 2. The van der Waals surface area contributed by atoms with E-state index in [9.17, 15) is 22.8 Å². The summed E-state index contributed by atoms with van der Waals surface area (Å²) in [7, 11) is 1.58. The Morgan fingerprint density at radius 3 is 2.23 bits per heavy atom. The molecule has 5 nitrogen and oxygen atoms in total. The van der Waals surface area contributed by atoms with Crippen molar-refractivity contribution in [3.63, 3.8) is 0 Å². The standard InChI is InChI=1S/C13H15F3N2O3.ClH/c1-18(7-6-12(20)21)8-11(19)17-10-4-2-9(3-5-10)13(14,15)16;/h2-5H,6-8H2,1H3,(H,17,19)(H,20,21);1H. The Labute approximate surface area is 131 Å². The Hall–Kier alpha value is -1.80. The number of anilines is 1. The molecule has 0 heterocycles. The summed E-state index contributed by atoms with van der Waals surface area (Å²) in [5.41, 5.74) is -0.543. The Morgan fingerprint density at radius 2 is 1.77 bits per heavy atom. The molecule has 22 heavy (non-hydrogen) atoms. The minimum Gasteiger partial charge on any atom is -0.481 e. The van der Waals surface area contributed by atoms with Crippen LogP contribution in [0, 0.1) is 0 Å². The molecule has 124 valence electrons. The van der Waals surface area contributed by atoms with E-state index < -0.39 is 23.6 Å². The number of nitrogens with one attached hydrogen (secondary N) is 1. The Balaban J connectivity index is 0.00000441. The summed E-state index contributed by atoms with van der Waals surface area (Å²) in [6, 6.07) is 4.09. The molecule has 0 atom stereocenters. The topological polar surface area (TPSA) is 69.6 Å². The van der Waals surface area contributed by atoms with Gasteiger partial charge in [0.2, 0.25) is 5.91 Å². The molecule has 0 aliphatic rings. The van der Waals surface area contributed by atoms with Gasteiger partial charge in [-0.05, 0) is 31.3 Å². The lowest BCUT2D eigenvalue weighted by Crippen LogP contribution is -2.31. The van der Waals surface area contributed by atoms with Gasteiger partial charge in [-0.25, -0.2) is 0 Å². The zero-order valence-corrected chi connectivity index (χ0v) is 12.5. The molecular weight excluding hydrogens is 325 g/mol. The van der Waals surface area contributed by atoms with E-state index in [2.05, 4.69) is 5.32 Å². The zero-order valence-electron chi connectivity index (χ0n) is 11.7. The number of rotatable bonds is 6. The predicted octanol–water partition coefficient (Wildman–Crippen LogP) is 2.47. The average Bonchev–Trinajstić information content (AvgIpc) is 2.35. The van der Waals surface area contributed by atoms with E-state index in [4.69, 9.17) is 5.11 Å². The normalized spacial score (nSPS) is 11.0. The van der Waals surface area contributed by atoms with Crippen molar-refractivity contribution in [3.8, 4) is 0 Å². The van der Waals surface area contributed by atoms with Gasteiger partial charge in [0.15, 0.2) is 0 Å². The summed E-state index contributed by atoms with van der Waals surface area (Å²) >= 11 is 0. The number of likely N-dealkylation sites (N-methyl/N-ethyl adjacent to an activating group) is 1. The fourth-order valence-corrected chi connectivity index (χ4v) is 1.55. The summed E-state index contributed by atoms with van der Waals surface area (Å²) in [4.78, 5) is 23.5. The molecule has 1 aromatic rings. The number of hydrogen-bond acceptors (Lipinski definition) is 3. The number of nitrogens with zero attached hydrogens (tertiary/aromatic N) is 1. The summed E-state index contributed by atoms with van der Waals surface area (Å²) in [5, 5.41) is 10.9. The maximum absolute atomic E-state index is 12.4. The summed E-state index contributed by atoms with van der Waals surface area (Å²) < 4.78 is 37.1. The summed E-state index contributed by atoms with van der Waals surface area (Å²) in [6.45, 7) is 0.157. The highest BCUT2D eigenvalue weighted by Gasteiger charge is 2.29. The highest BCUT2D eigenvalue weighted by Crippen LogP contribution is 2.29. The van der Waals surface area contributed by atoms with Gasteiger partial charge in [-0.1, -0.05) is 0 Å². The monoisotopic (exact) mass is 340 g/mol. The minimum absolute atomic E-state index is 0. The molecule has 0 aliphatic heterocycles. The van der Waals surface area contributed by atoms with Gasteiger partial charge in [-0.3, -0.25) is 14.5 Å². The van der Waals surface area contributed by atoms with Gasteiger partial charge in [-0.2, -0.15) is 13.2 Å². The van der Waals surface area contributed by atoms with Gasteiger partial charge < -0.3 is 10.4 Å². The van der Waals surface area contributed by atoms with Gasteiger partial charge in [0.1, 0.15) is 0 Å². The van der Waals surface area contributed by atoms with Crippen molar-refractivity contribution >= 4 is 30.0 Å². The van der Waals surface area contributed by atoms with Crippen LogP contribution in [0.3, 0.4) is 0 Å². The molecule has 0 unspecified atom stereocenters. The van der Waals surface area contributed by atoms with Gasteiger partial charge in [0, 0.05) is 12.2 Å². The molecule has 1 aromatic carbocycles. The van der Waals surface area contributed by atoms with Crippen molar-refractivity contribution < 1.29 is 27.9 Å². The minimum atomic E-state index is -4.42. The number of benzene rings is 1. The van der Waals surface area contributed by atoms with Gasteiger partial charge >= 0.3 is 12.1 Å². The maximum Gasteiger partial charge on any atom is 0.416 e. The fourth-order valence-electron chi connectivity index (χ4n) is 1.55. The van der Waals surface area contributed by atoms with E-state index in [1.807, 2.05) is 0 Å². The first-order valence-electron chi connectivity index (χ1n) is 6.06. The quantitative estimate of drug-likeness (QED) is 0.834. The number of halogens is 4. The van der Waals surface area contributed by atoms with Crippen LogP contribution in [0.4, 0.5) is 18.9 Å². The van der Waals surface area contributed by atoms with Gasteiger partial charge in [0.05, 0.1) is 18.5 Å². The van der Waals surface area contributed by atoms with Crippen molar-refractivity contribution in [3.05, 3.63) is 29.8 Å². The first-order chi connectivity index (χ1) is 9.68. The van der Waals surface area contributed by atoms with Crippen LogP contribution >= 0.6 is 12.4 Å². The van der Waals surface area contributed by atoms with Crippen LogP contribution in [-0.4, -0.2) is 42.0 Å². The van der Waals surface area contributed by atoms with Crippen molar-refractivity contribution in [1.82, 2.24) is 4.90 Å². The van der Waals surface area contributed by atoms with Crippen LogP contribution in [-0.2, 0) is 15.8 Å². The molecule has 1 rings (SSSR count). The largest absolute Gasteiger partial charge is 0.481 e. The number of carboxylic acids is 1. The van der Waals surface area contributed by atoms with Crippen molar-refractivity contribution in [1.29, 1.82) is 0 Å². The van der Waals surface area contributed by atoms with E-state index >= 15 is 0 Å². The summed E-state index contributed by atoms with van der Waals surface area (Å²) in [5.74, 6) is -1.40. The van der Waals surface area contributed by atoms with Crippen molar-refractivity contribution in [2.45, 2.75) is 12.6 Å². The second kappa shape index (κ2) is 8.60. The lowest BCUT2D eigenvalue weighted by Gasteiger charge is -2.15. The van der Waals surface area contributed by atoms with Crippen LogP contribution in [0.15, 0.2) is 24.3 Å². The first kappa shape index (κ1) is 20.2. The van der Waals surface area contributed by atoms with E-state index in [0.717, 1.165) is 24.3 Å². The number of alkyl halides is 3. The third kappa shape index (κ3) is 7.28. The smallest absolute Gasteiger partial charge is 0.416 e. The first-order valence-corrected chi connectivity index (χ1v) is 6.06. The van der Waals surface area contributed by atoms with Crippen LogP contribution in [0.5, 0.6) is 0 Å². The van der Waals surface area contributed by atoms with E-state index in [1.54, 1.807) is 7.05 Å². The molecule has 0 saturated heterocycles. The molecular formula is C13H16ClF3N2O3. The molecule has 0 aliphatic carbocycles. The molecule has 9 heteroatoms. The number of carbonyl (C=O) groups excluding carboxylic acids is 1. The van der Waals surface area contributed by atoms with Gasteiger partial charge in [-0.15, -0.1) is 12.4 Å². The highest BCUT2D eigenvalue weighted by molar-refractivity contribution is 5.92. The van der Waals surface area contributed by atoms with Crippen LogP contribution in [0.25, 0.3) is 0 Å². The number of amides is 1. The fraction of sp³-hybridized carbons (Fsp3) is 0.385. The molecule has 2 N–H and O–H groups in total. The average molecular weight is 341 g/mol. The Morgan fingerprint density at radius 1 is 1.23 bits per heavy atom. The second-order valence-corrected chi connectivity index (χ2v) is 4.50. The Bertz CT molecular complexity index is 506. The molecule has 0 radical (unpaired) electrons. The van der Waals surface area contributed by atoms with Crippen LogP contribution in [0.2, 0.25) is 0 Å². The van der Waals surface area contributed by atoms with E-state index in [-0.39, 0.29) is 37.6 Å². The maximum atomic E-state index is 12.4. The van der Waals surface area contributed by atoms with Crippen molar-refractivity contribution in [2.24, 2.45) is 0 Å². The predicted molar refractivity (Wildman–Crippen MR) is 77.1 cm³/mol. The Kier molecular flexibility index (Phi) is 7.89. The SMILES string of the molecule is CN(CCC(=O)O)CC(=O)Nc1ccc(C(F)(F)F)cc1.Cl. The molecule has 1 amide bonds. The number of hydrogen-bond donors (Lipinski definition) is 2. The third-order valence-corrected chi connectivity index (χ3v) is 2.62. The lowest BCUT2D eigenvalue weighted by atomic mass is 10.2. The number of carboxylic acid groups (broad SMARTS) is 1. The third-order valence-electron chi connectivity index (χ3n) is 2.62. The van der Waals surface area contributed by atoms with Crippen LogP contribution in [0.1, 0.15) is 12.0 Å². The van der Waals surface area contributed by atoms with E-state index in [1.165, 1.54) is 4.90 Å². The van der Waals surface area contributed by atoms with E-state index in [0.29, 0.717) is 0 Å².